The molecule has 18 heavy (non-hydrogen) atoms. The Morgan fingerprint density at radius 2 is 1.94 bits per heavy atom. The predicted octanol–water partition coefficient (Wildman–Crippen LogP) is 2.81. The summed E-state index contributed by atoms with van der Waals surface area (Å²) in [5.41, 5.74) is 8.57. The fourth-order valence-corrected chi connectivity index (χ4v) is 2.08. The number of anilines is 1. The lowest BCUT2D eigenvalue weighted by Gasteiger charge is -2.06. The summed E-state index contributed by atoms with van der Waals surface area (Å²) >= 11 is 0. The summed E-state index contributed by atoms with van der Waals surface area (Å²) in [5.74, 6) is 0.205. The second-order valence-corrected chi connectivity index (χ2v) is 4.17. The first-order valence-corrected chi connectivity index (χ1v) is 5.69. The van der Waals surface area contributed by atoms with Gasteiger partial charge in [-0.25, -0.2) is 9.37 Å². The van der Waals surface area contributed by atoms with Crippen molar-refractivity contribution in [3.8, 4) is 0 Å². The number of nitrogens with zero attached hydrogens (tertiary/aromatic N) is 2. The Labute approximate surface area is 104 Å². The molecule has 0 saturated carbocycles. The minimum Gasteiger partial charge on any atom is -0.369 e. The summed E-state index contributed by atoms with van der Waals surface area (Å²) < 4.78 is 15.0. The van der Waals surface area contributed by atoms with E-state index in [1.54, 1.807) is 6.07 Å². The van der Waals surface area contributed by atoms with Crippen molar-refractivity contribution in [2.45, 2.75) is 6.54 Å². The number of rotatable bonds is 2. The highest BCUT2D eigenvalue weighted by atomic mass is 19.1. The molecular formula is C14H12FN3. The molecule has 0 aliphatic carbocycles. The van der Waals surface area contributed by atoms with Gasteiger partial charge in [0.1, 0.15) is 5.82 Å². The van der Waals surface area contributed by atoms with Gasteiger partial charge in [0.2, 0.25) is 5.95 Å². The van der Waals surface area contributed by atoms with Crippen LogP contribution in [0.3, 0.4) is 0 Å². The summed E-state index contributed by atoms with van der Waals surface area (Å²) in [4.78, 5) is 4.28. The zero-order valence-electron chi connectivity index (χ0n) is 9.68. The van der Waals surface area contributed by atoms with E-state index in [0.29, 0.717) is 12.5 Å². The van der Waals surface area contributed by atoms with E-state index >= 15 is 0 Å². The van der Waals surface area contributed by atoms with Crippen molar-refractivity contribution in [1.82, 2.24) is 9.55 Å². The average molecular weight is 241 g/mol. The first kappa shape index (κ1) is 10.8. The standard InChI is InChI=1S/C14H12FN3/c15-11-5-3-4-10(8-11)9-18-13-7-2-1-6-12(13)17-14(18)16/h1-8H,9H2,(H2,16,17). The Kier molecular flexibility index (Phi) is 2.48. The van der Waals surface area contributed by atoms with Gasteiger partial charge in [-0.3, -0.25) is 0 Å². The molecule has 2 aromatic carbocycles. The number of fused-ring (bicyclic) bond motifs is 1. The van der Waals surface area contributed by atoms with Crippen LogP contribution in [-0.4, -0.2) is 9.55 Å². The Bertz CT molecular complexity index is 703. The maximum absolute atomic E-state index is 13.2. The molecule has 1 aromatic heterocycles. The van der Waals surface area contributed by atoms with Crippen LogP contribution >= 0.6 is 0 Å². The number of hydrogen-bond acceptors (Lipinski definition) is 2. The predicted molar refractivity (Wildman–Crippen MR) is 69.6 cm³/mol. The number of nitrogens with two attached hydrogens (primary N) is 1. The number of nitrogen functional groups attached to an aromatic ring is 1. The molecular weight excluding hydrogens is 229 g/mol. The zero-order chi connectivity index (χ0) is 12.5. The third-order valence-electron chi connectivity index (χ3n) is 2.91. The van der Waals surface area contributed by atoms with E-state index in [2.05, 4.69) is 4.98 Å². The molecule has 0 radical (unpaired) electrons. The maximum Gasteiger partial charge on any atom is 0.201 e. The van der Waals surface area contributed by atoms with Gasteiger partial charge in [-0.15, -0.1) is 0 Å². The summed E-state index contributed by atoms with van der Waals surface area (Å²) in [7, 11) is 0. The van der Waals surface area contributed by atoms with Crippen molar-refractivity contribution < 1.29 is 4.39 Å². The molecule has 0 aliphatic heterocycles. The van der Waals surface area contributed by atoms with E-state index in [9.17, 15) is 4.39 Å². The summed E-state index contributed by atoms with van der Waals surface area (Å²) in [6.45, 7) is 0.518. The normalized spacial score (nSPS) is 10.9. The molecule has 1 heterocycles. The number of hydrogen-bond donors (Lipinski definition) is 1. The molecule has 3 nitrogen and oxygen atoms in total. The average Bonchev–Trinajstić information content (AvgIpc) is 2.66. The van der Waals surface area contributed by atoms with Crippen molar-refractivity contribution >= 4 is 17.0 Å². The number of aromatic nitrogens is 2. The number of halogens is 1. The van der Waals surface area contributed by atoms with Crippen LogP contribution in [0.1, 0.15) is 5.56 Å². The molecule has 4 heteroatoms. The summed E-state index contributed by atoms with van der Waals surface area (Å²) in [5, 5.41) is 0. The van der Waals surface area contributed by atoms with E-state index in [1.807, 2.05) is 34.9 Å². The van der Waals surface area contributed by atoms with Gasteiger partial charge in [0.05, 0.1) is 17.6 Å². The molecule has 90 valence electrons. The molecule has 0 saturated heterocycles. The topological polar surface area (TPSA) is 43.8 Å². The van der Waals surface area contributed by atoms with Gasteiger partial charge < -0.3 is 10.3 Å². The first-order valence-electron chi connectivity index (χ1n) is 5.69. The number of benzene rings is 2. The highest BCUT2D eigenvalue weighted by Crippen LogP contribution is 2.19. The van der Waals surface area contributed by atoms with Gasteiger partial charge in [-0.2, -0.15) is 0 Å². The van der Waals surface area contributed by atoms with Crippen LogP contribution in [0.5, 0.6) is 0 Å². The Morgan fingerprint density at radius 1 is 1.11 bits per heavy atom. The SMILES string of the molecule is Nc1nc2ccccc2n1Cc1cccc(F)c1. The van der Waals surface area contributed by atoms with E-state index in [0.717, 1.165) is 16.6 Å². The van der Waals surface area contributed by atoms with Gasteiger partial charge in [-0.1, -0.05) is 24.3 Å². The summed E-state index contributed by atoms with van der Waals surface area (Å²) in [6.07, 6.45) is 0. The third kappa shape index (κ3) is 1.82. The van der Waals surface area contributed by atoms with Gasteiger partial charge in [-0.05, 0) is 29.8 Å². The Balaban J connectivity index is 2.07. The van der Waals surface area contributed by atoms with E-state index < -0.39 is 0 Å². The molecule has 0 unspecified atom stereocenters. The largest absolute Gasteiger partial charge is 0.369 e. The third-order valence-corrected chi connectivity index (χ3v) is 2.91. The lowest BCUT2D eigenvalue weighted by Crippen LogP contribution is -2.04. The van der Waals surface area contributed by atoms with Crippen LogP contribution < -0.4 is 5.73 Å². The lowest BCUT2D eigenvalue weighted by atomic mass is 10.2. The summed E-state index contributed by atoms with van der Waals surface area (Å²) in [6, 6.07) is 14.2. The van der Waals surface area contributed by atoms with Gasteiger partial charge in [0.15, 0.2) is 0 Å². The van der Waals surface area contributed by atoms with Crippen LogP contribution in [-0.2, 0) is 6.54 Å². The van der Waals surface area contributed by atoms with Crippen molar-refractivity contribution in [2.24, 2.45) is 0 Å². The Hall–Kier alpha value is -2.36. The maximum atomic E-state index is 13.2. The van der Waals surface area contributed by atoms with Gasteiger partial charge in [0, 0.05) is 0 Å². The van der Waals surface area contributed by atoms with Crippen molar-refractivity contribution in [3.63, 3.8) is 0 Å². The van der Waals surface area contributed by atoms with E-state index in [-0.39, 0.29) is 5.82 Å². The van der Waals surface area contributed by atoms with Gasteiger partial charge in [0.25, 0.3) is 0 Å². The molecule has 0 amide bonds. The van der Waals surface area contributed by atoms with Crippen LogP contribution in [0, 0.1) is 5.82 Å². The van der Waals surface area contributed by atoms with Crippen LogP contribution in [0.25, 0.3) is 11.0 Å². The zero-order valence-corrected chi connectivity index (χ0v) is 9.68. The highest BCUT2D eigenvalue weighted by Gasteiger charge is 2.07. The van der Waals surface area contributed by atoms with Crippen LogP contribution in [0.4, 0.5) is 10.3 Å². The van der Waals surface area contributed by atoms with Crippen LogP contribution in [0.15, 0.2) is 48.5 Å². The molecule has 3 rings (SSSR count). The fraction of sp³-hybridized carbons (Fsp3) is 0.0714. The Morgan fingerprint density at radius 3 is 2.78 bits per heavy atom. The van der Waals surface area contributed by atoms with E-state index in [4.69, 9.17) is 5.73 Å². The molecule has 2 N–H and O–H groups in total. The molecule has 3 aromatic rings. The van der Waals surface area contributed by atoms with Crippen molar-refractivity contribution in [1.29, 1.82) is 0 Å². The molecule has 0 bridgehead atoms. The smallest absolute Gasteiger partial charge is 0.201 e. The second kappa shape index (κ2) is 4.14. The highest BCUT2D eigenvalue weighted by molar-refractivity contribution is 5.78. The fourth-order valence-electron chi connectivity index (χ4n) is 2.08. The monoisotopic (exact) mass is 241 g/mol. The molecule has 0 atom stereocenters. The first-order chi connectivity index (χ1) is 8.74. The molecule has 0 fully saturated rings. The van der Waals surface area contributed by atoms with Crippen LogP contribution in [0.2, 0.25) is 0 Å². The van der Waals surface area contributed by atoms with Crippen molar-refractivity contribution in [3.05, 3.63) is 59.9 Å². The second-order valence-electron chi connectivity index (χ2n) is 4.17. The quantitative estimate of drug-likeness (QED) is 0.749. The van der Waals surface area contributed by atoms with Crippen molar-refractivity contribution in [2.75, 3.05) is 5.73 Å². The number of imidazole rings is 1. The molecule has 0 spiro atoms. The minimum atomic E-state index is -0.240. The van der Waals surface area contributed by atoms with E-state index in [1.165, 1.54) is 12.1 Å². The lowest BCUT2D eigenvalue weighted by molar-refractivity contribution is 0.624. The van der Waals surface area contributed by atoms with Gasteiger partial charge >= 0.3 is 0 Å². The minimum absolute atomic E-state index is 0.240. The molecule has 0 aliphatic rings. The number of para-hydroxylation sites is 2.